The molecule has 0 saturated heterocycles. The maximum atomic E-state index is 10.5. The standard InChI is InChI=1S/C16H28N2O3/c1-3-18(11-12-21-2)10-4-5-14-6-8-15(9-7-14)13-17-16(19)20/h14-15,17H,3,6-13H2,1-2H3,(H,19,20). The number of nitrogens with zero attached hydrogens (tertiary/aromatic N) is 1. The topological polar surface area (TPSA) is 61.8 Å². The largest absolute Gasteiger partial charge is 0.465 e. The van der Waals surface area contributed by atoms with Gasteiger partial charge in [-0.1, -0.05) is 18.8 Å². The van der Waals surface area contributed by atoms with Crippen molar-refractivity contribution in [2.45, 2.75) is 32.6 Å². The van der Waals surface area contributed by atoms with Gasteiger partial charge in [0.2, 0.25) is 0 Å². The summed E-state index contributed by atoms with van der Waals surface area (Å²) < 4.78 is 5.08. The molecule has 0 unspecified atom stereocenters. The van der Waals surface area contributed by atoms with Gasteiger partial charge in [0.05, 0.1) is 13.2 Å². The second-order valence-corrected chi connectivity index (χ2v) is 5.59. The van der Waals surface area contributed by atoms with Gasteiger partial charge in [-0.2, -0.15) is 0 Å². The molecule has 1 aliphatic rings. The van der Waals surface area contributed by atoms with E-state index >= 15 is 0 Å². The lowest BCUT2D eigenvalue weighted by atomic mass is 9.82. The summed E-state index contributed by atoms with van der Waals surface area (Å²) in [6, 6.07) is 0. The average Bonchev–Trinajstić information content (AvgIpc) is 2.49. The molecule has 1 saturated carbocycles. The molecule has 0 aliphatic heterocycles. The summed E-state index contributed by atoms with van der Waals surface area (Å²) in [4.78, 5) is 12.7. The van der Waals surface area contributed by atoms with Crippen molar-refractivity contribution in [1.82, 2.24) is 10.2 Å². The molecule has 0 spiro atoms. The second-order valence-electron chi connectivity index (χ2n) is 5.59. The molecule has 1 amide bonds. The third-order valence-corrected chi connectivity index (χ3v) is 4.06. The van der Waals surface area contributed by atoms with Crippen molar-refractivity contribution in [3.05, 3.63) is 0 Å². The molecule has 2 N–H and O–H groups in total. The monoisotopic (exact) mass is 296 g/mol. The lowest BCUT2D eigenvalue weighted by Crippen LogP contribution is -2.30. The molecule has 0 aromatic carbocycles. The summed E-state index contributed by atoms with van der Waals surface area (Å²) in [7, 11) is 1.72. The van der Waals surface area contributed by atoms with Gasteiger partial charge in [0.15, 0.2) is 0 Å². The van der Waals surface area contributed by atoms with Crippen LogP contribution in [0.2, 0.25) is 0 Å². The van der Waals surface area contributed by atoms with Crippen LogP contribution < -0.4 is 5.32 Å². The van der Waals surface area contributed by atoms with Crippen molar-refractivity contribution in [2.75, 3.05) is 39.9 Å². The van der Waals surface area contributed by atoms with Gasteiger partial charge in [0, 0.05) is 26.1 Å². The lowest BCUT2D eigenvalue weighted by molar-refractivity contribution is 0.158. The van der Waals surface area contributed by atoms with Crippen LogP contribution in [0.1, 0.15) is 32.6 Å². The second kappa shape index (κ2) is 10.5. The third kappa shape index (κ3) is 7.93. The fourth-order valence-electron chi connectivity index (χ4n) is 2.61. The van der Waals surface area contributed by atoms with Gasteiger partial charge in [0.1, 0.15) is 0 Å². The smallest absolute Gasteiger partial charge is 0.404 e. The predicted molar refractivity (Wildman–Crippen MR) is 83.2 cm³/mol. The molecule has 0 heterocycles. The molecular formula is C16H28N2O3. The van der Waals surface area contributed by atoms with Gasteiger partial charge in [-0.3, -0.25) is 4.90 Å². The Morgan fingerprint density at radius 1 is 1.38 bits per heavy atom. The van der Waals surface area contributed by atoms with E-state index in [2.05, 4.69) is 29.0 Å². The summed E-state index contributed by atoms with van der Waals surface area (Å²) in [6.07, 6.45) is 3.39. The van der Waals surface area contributed by atoms with Crippen molar-refractivity contribution < 1.29 is 14.6 Å². The first-order chi connectivity index (χ1) is 10.2. The Balaban J connectivity index is 2.22. The lowest BCUT2D eigenvalue weighted by Gasteiger charge is -2.25. The number of amides is 1. The van der Waals surface area contributed by atoms with Crippen LogP contribution in [-0.2, 0) is 4.74 Å². The van der Waals surface area contributed by atoms with E-state index in [1.54, 1.807) is 7.11 Å². The summed E-state index contributed by atoms with van der Waals surface area (Å²) >= 11 is 0. The first kappa shape index (κ1) is 17.8. The number of carbonyl (C=O) groups is 1. The van der Waals surface area contributed by atoms with E-state index in [9.17, 15) is 4.79 Å². The van der Waals surface area contributed by atoms with E-state index in [1.807, 2.05) is 0 Å². The Labute approximate surface area is 128 Å². The minimum absolute atomic E-state index is 0.479. The van der Waals surface area contributed by atoms with Gasteiger partial charge < -0.3 is 15.2 Å². The van der Waals surface area contributed by atoms with Crippen LogP contribution in [0, 0.1) is 23.7 Å². The molecule has 5 nitrogen and oxygen atoms in total. The Morgan fingerprint density at radius 2 is 2.10 bits per heavy atom. The van der Waals surface area contributed by atoms with Crippen LogP contribution in [-0.4, -0.2) is 56.0 Å². The minimum atomic E-state index is -0.923. The molecule has 1 fully saturated rings. The van der Waals surface area contributed by atoms with Crippen LogP contribution >= 0.6 is 0 Å². The molecular weight excluding hydrogens is 268 g/mol. The van der Waals surface area contributed by atoms with Gasteiger partial charge in [0.25, 0.3) is 0 Å². The fourth-order valence-corrected chi connectivity index (χ4v) is 2.61. The quantitative estimate of drug-likeness (QED) is 0.706. The first-order valence-electron chi connectivity index (χ1n) is 7.82. The molecule has 0 bridgehead atoms. The highest BCUT2D eigenvalue weighted by molar-refractivity contribution is 5.64. The van der Waals surface area contributed by atoms with E-state index in [1.165, 1.54) is 0 Å². The maximum Gasteiger partial charge on any atom is 0.404 e. The highest BCUT2D eigenvalue weighted by Crippen LogP contribution is 2.27. The number of likely N-dealkylation sites (N-methyl/N-ethyl adjacent to an activating group) is 1. The van der Waals surface area contributed by atoms with Crippen molar-refractivity contribution in [3.8, 4) is 11.8 Å². The van der Waals surface area contributed by atoms with Gasteiger partial charge in [-0.15, -0.1) is 0 Å². The summed E-state index contributed by atoms with van der Waals surface area (Å²) in [6.45, 7) is 6.19. The highest BCUT2D eigenvalue weighted by atomic mass is 16.5. The SMILES string of the molecule is CCN(CC#CC1CCC(CNC(=O)O)CC1)CCOC. The summed E-state index contributed by atoms with van der Waals surface area (Å²) in [5.41, 5.74) is 0. The van der Waals surface area contributed by atoms with Crippen LogP contribution in [0.4, 0.5) is 4.79 Å². The van der Waals surface area contributed by atoms with E-state index in [0.29, 0.717) is 18.4 Å². The molecule has 0 aromatic rings. The normalized spacial score (nSPS) is 21.7. The Morgan fingerprint density at radius 3 is 2.67 bits per heavy atom. The number of hydrogen-bond acceptors (Lipinski definition) is 3. The van der Waals surface area contributed by atoms with Crippen molar-refractivity contribution >= 4 is 6.09 Å². The first-order valence-corrected chi connectivity index (χ1v) is 7.82. The Hall–Kier alpha value is -1.25. The molecule has 21 heavy (non-hydrogen) atoms. The van der Waals surface area contributed by atoms with E-state index < -0.39 is 6.09 Å². The molecule has 0 atom stereocenters. The number of carboxylic acid groups (broad SMARTS) is 1. The van der Waals surface area contributed by atoms with Crippen LogP contribution in [0.5, 0.6) is 0 Å². The number of methoxy groups -OCH3 is 1. The number of ether oxygens (including phenoxy) is 1. The predicted octanol–water partition coefficient (Wildman–Crippen LogP) is 2.03. The Bertz CT molecular complexity index is 354. The van der Waals surface area contributed by atoms with Crippen molar-refractivity contribution in [3.63, 3.8) is 0 Å². The zero-order valence-electron chi connectivity index (χ0n) is 13.2. The van der Waals surface area contributed by atoms with Crippen LogP contribution in [0.25, 0.3) is 0 Å². The highest BCUT2D eigenvalue weighted by Gasteiger charge is 2.20. The molecule has 0 aromatic heterocycles. The molecule has 5 heteroatoms. The van der Waals surface area contributed by atoms with Crippen molar-refractivity contribution in [1.29, 1.82) is 0 Å². The van der Waals surface area contributed by atoms with E-state index in [0.717, 1.165) is 51.9 Å². The zero-order valence-corrected chi connectivity index (χ0v) is 13.2. The maximum absolute atomic E-state index is 10.5. The van der Waals surface area contributed by atoms with Crippen LogP contribution in [0.15, 0.2) is 0 Å². The number of nitrogens with one attached hydrogen (secondary N) is 1. The van der Waals surface area contributed by atoms with Gasteiger partial charge in [-0.25, -0.2) is 4.79 Å². The van der Waals surface area contributed by atoms with Crippen LogP contribution in [0.3, 0.4) is 0 Å². The summed E-state index contributed by atoms with van der Waals surface area (Å²) in [5, 5.41) is 11.1. The third-order valence-electron chi connectivity index (χ3n) is 4.06. The number of rotatable bonds is 7. The molecule has 1 rings (SSSR count). The van der Waals surface area contributed by atoms with Gasteiger partial charge in [-0.05, 0) is 38.1 Å². The van der Waals surface area contributed by atoms with Gasteiger partial charge >= 0.3 is 6.09 Å². The minimum Gasteiger partial charge on any atom is -0.465 e. The number of hydrogen-bond donors (Lipinski definition) is 2. The van der Waals surface area contributed by atoms with Crippen molar-refractivity contribution in [2.24, 2.45) is 11.8 Å². The molecule has 120 valence electrons. The fraction of sp³-hybridized carbons (Fsp3) is 0.812. The zero-order chi connectivity index (χ0) is 15.5. The Kier molecular flexibility index (Phi) is 8.88. The average molecular weight is 296 g/mol. The van der Waals surface area contributed by atoms with E-state index in [4.69, 9.17) is 9.84 Å². The summed E-state index contributed by atoms with van der Waals surface area (Å²) in [5.74, 6) is 7.63. The van der Waals surface area contributed by atoms with E-state index in [-0.39, 0.29) is 0 Å². The molecule has 1 aliphatic carbocycles. The molecule has 0 radical (unpaired) electrons.